The van der Waals surface area contributed by atoms with E-state index in [4.69, 9.17) is 0 Å². The molecule has 0 aliphatic heterocycles. The molecule has 73 heavy (non-hydrogen) atoms. The van der Waals surface area contributed by atoms with Crippen LogP contribution in [-0.2, 0) is 5.41 Å². The first-order chi connectivity index (χ1) is 36.2. The van der Waals surface area contributed by atoms with Crippen molar-refractivity contribution in [3.8, 4) is 50.2 Å². The molecule has 0 bridgehead atoms. The van der Waals surface area contributed by atoms with Crippen LogP contribution in [0.5, 0.6) is 0 Å². The number of anilines is 3. The van der Waals surface area contributed by atoms with Crippen LogP contribution in [0.4, 0.5) is 17.1 Å². The third-order valence-corrected chi connectivity index (χ3v) is 15.3. The van der Waals surface area contributed by atoms with Crippen molar-refractivity contribution in [2.24, 2.45) is 0 Å². The molecular formula is C71H48N2. The monoisotopic (exact) mass is 928 g/mol. The molecule has 1 aliphatic carbocycles. The predicted octanol–water partition coefficient (Wildman–Crippen LogP) is 18.8. The Morgan fingerprint density at radius 2 is 0.849 bits per heavy atom. The molecule has 1 aliphatic rings. The Hall–Kier alpha value is -9.50. The van der Waals surface area contributed by atoms with Gasteiger partial charge in [0.2, 0.25) is 0 Å². The van der Waals surface area contributed by atoms with Gasteiger partial charge in [-0.3, -0.25) is 0 Å². The molecule has 0 fully saturated rings. The number of aromatic nitrogens is 1. The molecule has 2 nitrogen and oxygen atoms in total. The maximum atomic E-state index is 2.49. The Morgan fingerprint density at radius 3 is 1.59 bits per heavy atom. The summed E-state index contributed by atoms with van der Waals surface area (Å²) in [4.78, 5) is 2.49. The van der Waals surface area contributed by atoms with Gasteiger partial charge >= 0.3 is 0 Å². The summed E-state index contributed by atoms with van der Waals surface area (Å²) < 4.78 is 2.38. The van der Waals surface area contributed by atoms with Crippen molar-refractivity contribution >= 4 is 49.6 Å². The Morgan fingerprint density at radius 1 is 0.301 bits per heavy atom. The fourth-order valence-electron chi connectivity index (χ4n) is 12.1. The van der Waals surface area contributed by atoms with Gasteiger partial charge in [-0.1, -0.05) is 231 Å². The summed E-state index contributed by atoms with van der Waals surface area (Å²) in [6.45, 7) is 0. The van der Waals surface area contributed by atoms with Gasteiger partial charge in [-0.15, -0.1) is 0 Å². The Bertz CT molecular complexity index is 4130. The molecule has 0 unspecified atom stereocenters. The Kier molecular flexibility index (Phi) is 10.1. The van der Waals surface area contributed by atoms with E-state index in [-0.39, 0.29) is 0 Å². The van der Waals surface area contributed by atoms with Crippen molar-refractivity contribution in [1.29, 1.82) is 0 Å². The molecule has 0 saturated carbocycles. The van der Waals surface area contributed by atoms with Gasteiger partial charge < -0.3 is 9.47 Å². The number of hydrogen-bond donors (Lipinski definition) is 0. The van der Waals surface area contributed by atoms with E-state index in [0.29, 0.717) is 0 Å². The number of para-hydroxylation sites is 3. The van der Waals surface area contributed by atoms with E-state index in [1.807, 2.05) is 0 Å². The van der Waals surface area contributed by atoms with Crippen molar-refractivity contribution in [3.05, 3.63) is 313 Å². The first-order valence-corrected chi connectivity index (χ1v) is 25.3. The van der Waals surface area contributed by atoms with E-state index < -0.39 is 5.41 Å². The van der Waals surface area contributed by atoms with Crippen LogP contribution in [0.25, 0.3) is 82.8 Å². The van der Waals surface area contributed by atoms with Gasteiger partial charge in [0.05, 0.1) is 22.1 Å². The van der Waals surface area contributed by atoms with Crippen LogP contribution in [0.15, 0.2) is 291 Å². The van der Waals surface area contributed by atoms with Gasteiger partial charge in [-0.05, 0) is 133 Å². The molecule has 14 rings (SSSR count). The zero-order valence-electron chi connectivity index (χ0n) is 40.1. The van der Waals surface area contributed by atoms with E-state index >= 15 is 0 Å². The first-order valence-electron chi connectivity index (χ1n) is 25.3. The average molecular weight is 929 g/mol. The van der Waals surface area contributed by atoms with E-state index in [1.54, 1.807) is 0 Å². The van der Waals surface area contributed by atoms with Gasteiger partial charge in [0.25, 0.3) is 0 Å². The quantitative estimate of drug-likeness (QED) is 0.140. The van der Waals surface area contributed by atoms with Crippen LogP contribution in [0, 0.1) is 0 Å². The maximum absolute atomic E-state index is 2.49. The average Bonchev–Trinajstić information content (AvgIpc) is 3.96. The molecular weight excluding hydrogens is 881 g/mol. The summed E-state index contributed by atoms with van der Waals surface area (Å²) in [6, 6.07) is 107. The van der Waals surface area contributed by atoms with Crippen LogP contribution in [0.1, 0.15) is 22.3 Å². The minimum absolute atomic E-state index is 0.554. The van der Waals surface area contributed by atoms with E-state index in [1.165, 1.54) is 88.2 Å². The topological polar surface area (TPSA) is 8.17 Å². The third kappa shape index (κ3) is 6.79. The van der Waals surface area contributed by atoms with E-state index in [2.05, 4.69) is 301 Å². The van der Waals surface area contributed by atoms with Crippen LogP contribution in [-0.4, -0.2) is 4.57 Å². The van der Waals surface area contributed by atoms with Gasteiger partial charge in [0.15, 0.2) is 0 Å². The second-order valence-corrected chi connectivity index (χ2v) is 19.2. The van der Waals surface area contributed by atoms with Crippen molar-refractivity contribution < 1.29 is 0 Å². The van der Waals surface area contributed by atoms with Crippen LogP contribution in [0.3, 0.4) is 0 Å². The molecule has 342 valence electrons. The summed E-state index contributed by atoms with van der Waals surface area (Å²) in [5, 5.41) is 4.92. The van der Waals surface area contributed by atoms with E-state index in [9.17, 15) is 0 Å². The highest BCUT2D eigenvalue weighted by atomic mass is 15.1. The SMILES string of the molecule is c1ccc(-c2cccc3cccc(-c4ccccc4N(c4ccc(-c5ccc6c(c5)c5ccccc5n6-c5ccccc5)cc4)c4ccc5c(c4)C(c4ccccc4)(c4ccccc4)c4ccccc4-5)c23)cc1. The Balaban J connectivity index is 0.986. The van der Waals surface area contributed by atoms with Gasteiger partial charge in [-0.25, -0.2) is 0 Å². The third-order valence-electron chi connectivity index (χ3n) is 15.3. The highest BCUT2D eigenvalue weighted by Gasteiger charge is 2.46. The van der Waals surface area contributed by atoms with Gasteiger partial charge in [0, 0.05) is 33.4 Å². The lowest BCUT2D eigenvalue weighted by Gasteiger charge is -2.35. The molecule has 0 N–H and O–H groups in total. The molecule has 0 saturated heterocycles. The van der Waals surface area contributed by atoms with Crippen LogP contribution < -0.4 is 4.90 Å². The zero-order chi connectivity index (χ0) is 48.3. The minimum atomic E-state index is -0.554. The highest BCUT2D eigenvalue weighted by molar-refractivity contribution is 6.11. The summed E-state index contributed by atoms with van der Waals surface area (Å²) in [5.74, 6) is 0. The molecule has 2 heteroatoms. The smallest absolute Gasteiger partial charge is 0.0714 e. The second kappa shape index (κ2) is 17.4. The van der Waals surface area contributed by atoms with Crippen molar-refractivity contribution in [1.82, 2.24) is 4.57 Å². The lowest BCUT2D eigenvalue weighted by molar-refractivity contribution is 0.768. The lowest BCUT2D eigenvalue weighted by Crippen LogP contribution is -2.28. The van der Waals surface area contributed by atoms with Crippen LogP contribution in [0.2, 0.25) is 0 Å². The highest BCUT2D eigenvalue weighted by Crippen LogP contribution is 2.57. The molecule has 1 aromatic heterocycles. The summed E-state index contributed by atoms with van der Waals surface area (Å²) >= 11 is 0. The van der Waals surface area contributed by atoms with Crippen molar-refractivity contribution in [2.75, 3.05) is 4.90 Å². The molecule has 13 aromatic rings. The van der Waals surface area contributed by atoms with Crippen molar-refractivity contribution in [3.63, 3.8) is 0 Å². The molecule has 1 heterocycles. The number of benzene rings is 12. The summed E-state index contributed by atoms with van der Waals surface area (Å²) in [5.41, 5.74) is 20.9. The maximum Gasteiger partial charge on any atom is 0.0714 e. The largest absolute Gasteiger partial charge is 0.310 e. The zero-order valence-corrected chi connectivity index (χ0v) is 40.1. The normalized spacial score (nSPS) is 12.5. The van der Waals surface area contributed by atoms with Crippen molar-refractivity contribution in [2.45, 2.75) is 5.41 Å². The van der Waals surface area contributed by atoms with Gasteiger partial charge in [-0.2, -0.15) is 0 Å². The number of rotatable bonds is 9. The molecule has 12 aromatic carbocycles. The predicted molar refractivity (Wildman–Crippen MR) is 307 cm³/mol. The molecule has 0 amide bonds. The standard InChI is InChI=1S/C71H48N2/c1-5-21-50(22-6-1)58-34-19-23-51-24-20-35-63(70(51)58)61-32-14-17-37-67(61)72(56-42-39-49(40-43-56)52-41-46-69-64(47-52)62-33-15-18-38-68(62)73(69)55-29-11-4-12-30-55)57-44-45-60-59-31-13-16-36-65(59)71(66(60)48-57,53-25-7-2-8-26-53)54-27-9-3-10-28-54/h1-48H. The second-order valence-electron chi connectivity index (χ2n) is 19.2. The fourth-order valence-corrected chi connectivity index (χ4v) is 12.1. The number of nitrogens with zero attached hydrogens (tertiary/aromatic N) is 2. The minimum Gasteiger partial charge on any atom is -0.310 e. The summed E-state index contributed by atoms with van der Waals surface area (Å²) in [6.07, 6.45) is 0. The lowest BCUT2D eigenvalue weighted by atomic mass is 9.67. The Labute approximate surface area is 426 Å². The molecule has 0 radical (unpaired) electrons. The summed E-state index contributed by atoms with van der Waals surface area (Å²) in [7, 11) is 0. The molecule has 0 atom stereocenters. The van der Waals surface area contributed by atoms with Gasteiger partial charge in [0.1, 0.15) is 0 Å². The fraction of sp³-hybridized carbons (Fsp3) is 0.0141. The number of fused-ring (bicyclic) bond motifs is 7. The first kappa shape index (κ1) is 42.4. The number of hydrogen-bond acceptors (Lipinski definition) is 1. The van der Waals surface area contributed by atoms with E-state index in [0.717, 1.165) is 33.9 Å². The van der Waals surface area contributed by atoms with Crippen LogP contribution >= 0.6 is 0 Å². The molecule has 0 spiro atoms.